The van der Waals surface area contributed by atoms with Gasteiger partial charge in [0, 0.05) is 16.5 Å². The maximum absolute atomic E-state index is 12.9. The number of benzene rings is 2. The Morgan fingerprint density at radius 2 is 1.62 bits per heavy atom. The molecule has 2 aromatic heterocycles. The van der Waals surface area contributed by atoms with Crippen LogP contribution in [0.1, 0.15) is 29.9 Å². The van der Waals surface area contributed by atoms with Gasteiger partial charge >= 0.3 is 12.1 Å². The van der Waals surface area contributed by atoms with Crippen LogP contribution in [0.25, 0.3) is 33.4 Å². The molecule has 32 heavy (non-hydrogen) atoms. The number of aromatic amines is 1. The summed E-state index contributed by atoms with van der Waals surface area (Å²) in [6, 6.07) is 15.0. The van der Waals surface area contributed by atoms with Gasteiger partial charge in [-0.25, -0.2) is 9.78 Å². The molecule has 0 fully saturated rings. The highest BCUT2D eigenvalue weighted by atomic mass is 19.4. The number of rotatable bonds is 5. The number of hydrogen-bond acceptors (Lipinski definition) is 3. The van der Waals surface area contributed by atoms with Crippen molar-refractivity contribution in [1.82, 2.24) is 9.97 Å². The van der Waals surface area contributed by atoms with Gasteiger partial charge in [0.15, 0.2) is 0 Å². The molecule has 0 bridgehead atoms. The zero-order chi connectivity index (χ0) is 23.0. The van der Waals surface area contributed by atoms with E-state index in [-0.39, 0.29) is 11.8 Å². The average Bonchev–Trinajstić information content (AvgIpc) is 3.17. The third-order valence-corrected chi connectivity index (χ3v) is 4.85. The van der Waals surface area contributed by atoms with Crippen LogP contribution in [0.4, 0.5) is 13.2 Å². The van der Waals surface area contributed by atoms with Crippen molar-refractivity contribution in [1.29, 1.82) is 0 Å². The number of fused-ring (bicyclic) bond motifs is 1. The number of nitrogens with one attached hydrogen (secondary N) is 1. The molecule has 4 rings (SSSR count). The van der Waals surface area contributed by atoms with Gasteiger partial charge in [-0.2, -0.15) is 13.2 Å². The van der Waals surface area contributed by atoms with Gasteiger partial charge in [-0.1, -0.05) is 12.1 Å². The lowest BCUT2D eigenvalue weighted by Gasteiger charge is -2.12. The van der Waals surface area contributed by atoms with E-state index in [0.29, 0.717) is 39.2 Å². The molecule has 0 atom stereocenters. The third kappa shape index (κ3) is 4.30. The van der Waals surface area contributed by atoms with Gasteiger partial charge in [0.25, 0.3) is 0 Å². The average molecular weight is 440 g/mol. The lowest BCUT2D eigenvalue weighted by Crippen LogP contribution is -2.05. The molecule has 2 heterocycles. The highest BCUT2D eigenvalue weighted by Gasteiger charge is 2.30. The molecular weight excluding hydrogens is 421 g/mol. The zero-order valence-electron chi connectivity index (χ0n) is 17.2. The van der Waals surface area contributed by atoms with E-state index < -0.39 is 17.7 Å². The fraction of sp³-hybridized carbons (Fsp3) is 0.167. The van der Waals surface area contributed by atoms with Gasteiger partial charge in [0.2, 0.25) is 0 Å². The number of aromatic carboxylic acids is 1. The summed E-state index contributed by atoms with van der Waals surface area (Å²) in [5, 5.41) is 9.97. The van der Waals surface area contributed by atoms with E-state index in [1.54, 1.807) is 30.3 Å². The largest absolute Gasteiger partial charge is 0.491 e. The lowest BCUT2D eigenvalue weighted by molar-refractivity contribution is -0.137. The van der Waals surface area contributed by atoms with Crippen LogP contribution in [-0.2, 0) is 6.18 Å². The minimum atomic E-state index is -4.43. The minimum Gasteiger partial charge on any atom is -0.491 e. The second kappa shape index (κ2) is 8.03. The molecule has 0 spiro atoms. The van der Waals surface area contributed by atoms with E-state index in [4.69, 9.17) is 4.74 Å². The highest BCUT2D eigenvalue weighted by molar-refractivity contribution is 6.00. The summed E-state index contributed by atoms with van der Waals surface area (Å²) in [4.78, 5) is 19.0. The summed E-state index contributed by atoms with van der Waals surface area (Å²) >= 11 is 0. The second-order valence-electron chi connectivity index (χ2n) is 7.57. The maximum atomic E-state index is 12.9. The van der Waals surface area contributed by atoms with Crippen molar-refractivity contribution < 1.29 is 27.8 Å². The Hall–Kier alpha value is -3.81. The Kier molecular flexibility index (Phi) is 5.38. The summed E-state index contributed by atoms with van der Waals surface area (Å²) in [5.74, 6) is -0.444. The van der Waals surface area contributed by atoms with Crippen LogP contribution in [0.15, 0.2) is 60.7 Å². The Labute approximate surface area is 181 Å². The number of alkyl halides is 3. The van der Waals surface area contributed by atoms with Gasteiger partial charge in [-0.05, 0) is 62.4 Å². The first kappa shape index (κ1) is 21.4. The van der Waals surface area contributed by atoms with Crippen molar-refractivity contribution in [3.8, 4) is 28.3 Å². The normalized spacial score (nSPS) is 11.8. The number of carboxylic acids is 1. The number of ether oxygens (including phenoxy) is 1. The van der Waals surface area contributed by atoms with Gasteiger partial charge < -0.3 is 14.8 Å². The molecule has 0 aliphatic carbocycles. The smallest absolute Gasteiger partial charge is 0.416 e. The van der Waals surface area contributed by atoms with Crippen LogP contribution in [0.2, 0.25) is 0 Å². The Morgan fingerprint density at radius 1 is 1.00 bits per heavy atom. The molecule has 0 amide bonds. The summed E-state index contributed by atoms with van der Waals surface area (Å²) in [5.41, 5.74) is 1.87. The predicted molar refractivity (Wildman–Crippen MR) is 115 cm³/mol. The van der Waals surface area contributed by atoms with E-state index in [1.807, 2.05) is 13.8 Å². The van der Waals surface area contributed by atoms with Crippen LogP contribution < -0.4 is 4.74 Å². The van der Waals surface area contributed by atoms with Gasteiger partial charge in [-0.3, -0.25) is 0 Å². The first-order valence-electron chi connectivity index (χ1n) is 9.83. The Morgan fingerprint density at radius 3 is 2.19 bits per heavy atom. The molecule has 0 aliphatic heterocycles. The molecule has 2 aromatic carbocycles. The standard InChI is InChI=1S/C24H19F3N2O3/c1-13(2)32-18-9-5-15(6-10-18)21-22-16(12-20(29-22)23(30)31)11-19(28-21)14-3-7-17(8-4-14)24(25,26)27/h3-13,29H,1-2H3,(H,30,31). The van der Waals surface area contributed by atoms with Crippen molar-refractivity contribution in [2.75, 3.05) is 0 Å². The van der Waals surface area contributed by atoms with E-state index in [9.17, 15) is 23.1 Å². The molecule has 5 nitrogen and oxygen atoms in total. The molecule has 0 saturated heterocycles. The van der Waals surface area contributed by atoms with Crippen molar-refractivity contribution in [2.45, 2.75) is 26.1 Å². The summed E-state index contributed by atoms with van der Waals surface area (Å²) in [6.45, 7) is 3.83. The molecule has 2 N–H and O–H groups in total. The molecule has 0 saturated carbocycles. The Balaban J connectivity index is 1.84. The fourth-order valence-electron chi connectivity index (χ4n) is 3.40. The number of H-pyrrole nitrogens is 1. The Bertz CT molecular complexity index is 1280. The lowest BCUT2D eigenvalue weighted by atomic mass is 10.0. The van der Waals surface area contributed by atoms with Crippen LogP contribution >= 0.6 is 0 Å². The number of aromatic nitrogens is 2. The van der Waals surface area contributed by atoms with Crippen molar-refractivity contribution >= 4 is 16.9 Å². The zero-order valence-corrected chi connectivity index (χ0v) is 17.2. The van der Waals surface area contributed by atoms with Gasteiger partial charge in [-0.15, -0.1) is 0 Å². The van der Waals surface area contributed by atoms with Crippen molar-refractivity contribution in [3.63, 3.8) is 0 Å². The molecule has 0 radical (unpaired) electrons. The fourth-order valence-corrected chi connectivity index (χ4v) is 3.40. The summed E-state index contributed by atoms with van der Waals surface area (Å²) < 4.78 is 44.4. The third-order valence-electron chi connectivity index (χ3n) is 4.85. The van der Waals surface area contributed by atoms with Crippen LogP contribution in [0.5, 0.6) is 5.75 Å². The number of carbonyl (C=O) groups is 1. The van der Waals surface area contributed by atoms with Crippen LogP contribution in [0.3, 0.4) is 0 Å². The number of carboxylic acid groups (broad SMARTS) is 1. The van der Waals surface area contributed by atoms with Crippen molar-refractivity contribution in [3.05, 3.63) is 71.9 Å². The number of nitrogens with zero attached hydrogens (tertiary/aromatic N) is 1. The monoisotopic (exact) mass is 440 g/mol. The summed E-state index contributed by atoms with van der Waals surface area (Å²) in [7, 11) is 0. The molecule has 164 valence electrons. The predicted octanol–water partition coefficient (Wildman–Crippen LogP) is 6.40. The van der Waals surface area contributed by atoms with Crippen LogP contribution in [-0.4, -0.2) is 27.1 Å². The highest BCUT2D eigenvalue weighted by Crippen LogP contribution is 2.34. The molecule has 0 unspecified atom stereocenters. The number of hydrogen-bond donors (Lipinski definition) is 2. The van der Waals surface area contributed by atoms with E-state index >= 15 is 0 Å². The van der Waals surface area contributed by atoms with Crippen molar-refractivity contribution in [2.24, 2.45) is 0 Å². The topological polar surface area (TPSA) is 75.2 Å². The number of halogens is 3. The quantitative estimate of drug-likeness (QED) is 0.377. The van der Waals surface area contributed by atoms with Gasteiger partial charge in [0.05, 0.1) is 28.6 Å². The SMILES string of the molecule is CC(C)Oc1ccc(-c2nc(-c3ccc(C(F)(F)F)cc3)cc3cc(C(=O)O)[nH]c23)cc1. The van der Waals surface area contributed by atoms with E-state index in [1.165, 1.54) is 18.2 Å². The summed E-state index contributed by atoms with van der Waals surface area (Å²) in [6.07, 6.45) is -4.42. The molecule has 8 heteroatoms. The minimum absolute atomic E-state index is 0.00705. The first-order valence-corrected chi connectivity index (χ1v) is 9.83. The van der Waals surface area contributed by atoms with E-state index in [0.717, 1.165) is 12.1 Å². The molecular formula is C24H19F3N2O3. The van der Waals surface area contributed by atoms with E-state index in [2.05, 4.69) is 9.97 Å². The number of pyridine rings is 1. The first-order chi connectivity index (χ1) is 15.1. The maximum Gasteiger partial charge on any atom is 0.416 e. The second-order valence-corrected chi connectivity index (χ2v) is 7.57. The van der Waals surface area contributed by atoms with Gasteiger partial charge in [0.1, 0.15) is 11.4 Å². The molecule has 0 aliphatic rings. The molecule has 4 aromatic rings. The van der Waals surface area contributed by atoms with Crippen LogP contribution in [0, 0.1) is 0 Å².